The Labute approximate surface area is 93.5 Å². The molecule has 0 aliphatic heterocycles. The van der Waals surface area contributed by atoms with Crippen LogP contribution in [0.2, 0.25) is 0 Å². The summed E-state index contributed by atoms with van der Waals surface area (Å²) < 4.78 is 10.0. The van der Waals surface area contributed by atoms with E-state index in [4.69, 9.17) is 9.47 Å². The van der Waals surface area contributed by atoms with Gasteiger partial charge in [-0.25, -0.2) is 4.79 Å². The number of alkyl carbamates (subject to hydrolysis) is 1. The van der Waals surface area contributed by atoms with E-state index >= 15 is 0 Å². The first-order chi connectivity index (χ1) is 6.39. The first-order valence-electron chi connectivity index (χ1n) is 4.43. The molecule has 0 aromatic rings. The van der Waals surface area contributed by atoms with Crippen molar-refractivity contribution in [3.05, 3.63) is 0 Å². The molecule has 4 nitrogen and oxygen atoms in total. The molecule has 0 radical (unpaired) electrons. The van der Waals surface area contributed by atoms with Crippen molar-refractivity contribution in [3.8, 4) is 0 Å². The van der Waals surface area contributed by atoms with E-state index in [2.05, 4.69) is 21.2 Å². The van der Waals surface area contributed by atoms with Crippen LogP contribution >= 0.6 is 15.9 Å². The van der Waals surface area contributed by atoms with Crippen molar-refractivity contribution in [1.82, 2.24) is 5.32 Å². The van der Waals surface area contributed by atoms with E-state index < -0.39 is 11.7 Å². The van der Waals surface area contributed by atoms with Gasteiger partial charge in [0.25, 0.3) is 0 Å². The number of halogens is 1. The predicted octanol–water partition coefficient (Wildman–Crippen LogP) is 1.92. The lowest BCUT2D eigenvalue weighted by atomic mass is 10.2. The van der Waals surface area contributed by atoms with Gasteiger partial charge in [0.2, 0.25) is 0 Å². The number of amides is 1. The van der Waals surface area contributed by atoms with Gasteiger partial charge in [-0.2, -0.15) is 0 Å². The van der Waals surface area contributed by atoms with Crippen molar-refractivity contribution in [2.45, 2.75) is 32.4 Å². The smallest absolute Gasteiger partial charge is 0.407 e. The number of methoxy groups -OCH3 is 1. The highest BCUT2D eigenvalue weighted by Gasteiger charge is 2.18. The van der Waals surface area contributed by atoms with E-state index in [0.29, 0.717) is 11.9 Å². The Balaban J connectivity index is 3.91. The lowest BCUT2D eigenvalue weighted by Gasteiger charge is -2.22. The number of hydrogen-bond donors (Lipinski definition) is 1. The van der Waals surface area contributed by atoms with Gasteiger partial charge >= 0.3 is 6.09 Å². The van der Waals surface area contributed by atoms with Crippen molar-refractivity contribution in [3.63, 3.8) is 0 Å². The molecular weight excluding hydrogens is 250 g/mol. The summed E-state index contributed by atoms with van der Waals surface area (Å²) in [6.07, 6.45) is -0.418. The lowest BCUT2D eigenvalue weighted by Crippen LogP contribution is -2.42. The molecule has 0 heterocycles. The maximum absolute atomic E-state index is 11.3. The first kappa shape index (κ1) is 13.7. The minimum absolute atomic E-state index is 0.0603. The van der Waals surface area contributed by atoms with Crippen molar-refractivity contribution >= 4 is 22.0 Å². The van der Waals surface area contributed by atoms with Crippen LogP contribution in [0.15, 0.2) is 0 Å². The van der Waals surface area contributed by atoms with Crippen molar-refractivity contribution in [1.29, 1.82) is 0 Å². The van der Waals surface area contributed by atoms with Crippen LogP contribution in [0.4, 0.5) is 4.79 Å². The van der Waals surface area contributed by atoms with Crippen LogP contribution in [0.5, 0.6) is 0 Å². The molecule has 0 aliphatic carbocycles. The van der Waals surface area contributed by atoms with E-state index in [-0.39, 0.29) is 6.04 Å². The van der Waals surface area contributed by atoms with Crippen molar-refractivity contribution in [2.75, 3.05) is 19.0 Å². The zero-order valence-corrected chi connectivity index (χ0v) is 10.7. The molecule has 1 atom stereocenters. The number of carbonyl (C=O) groups is 1. The molecule has 1 N–H and O–H groups in total. The molecule has 5 heteroatoms. The van der Waals surface area contributed by atoms with Gasteiger partial charge < -0.3 is 14.8 Å². The van der Waals surface area contributed by atoms with Crippen LogP contribution in [0.1, 0.15) is 20.8 Å². The Kier molecular flexibility index (Phi) is 6.11. The summed E-state index contributed by atoms with van der Waals surface area (Å²) in [5.41, 5.74) is -0.464. The van der Waals surface area contributed by atoms with Gasteiger partial charge in [-0.3, -0.25) is 0 Å². The highest BCUT2D eigenvalue weighted by molar-refractivity contribution is 9.09. The average molecular weight is 268 g/mol. The van der Waals surface area contributed by atoms with E-state index in [1.807, 2.05) is 20.8 Å². The summed E-state index contributed by atoms with van der Waals surface area (Å²) in [7, 11) is 1.59. The molecule has 0 unspecified atom stereocenters. The largest absolute Gasteiger partial charge is 0.444 e. The molecule has 0 aliphatic rings. The standard InChI is InChI=1S/C9H18BrNO3/c1-9(2,3)14-8(12)11-7(5-10)6-13-4/h7H,5-6H2,1-4H3,(H,11,12)/t7-/m1/s1. The van der Waals surface area contributed by atoms with E-state index in [0.717, 1.165) is 0 Å². The fourth-order valence-electron chi connectivity index (χ4n) is 0.800. The third-order valence-corrected chi connectivity index (χ3v) is 2.06. The minimum Gasteiger partial charge on any atom is -0.444 e. The molecule has 0 saturated carbocycles. The zero-order chi connectivity index (χ0) is 11.2. The summed E-state index contributed by atoms with van der Waals surface area (Å²) in [5, 5.41) is 3.33. The van der Waals surface area contributed by atoms with Gasteiger partial charge in [0.1, 0.15) is 5.60 Å². The third-order valence-electron chi connectivity index (χ3n) is 1.27. The quantitative estimate of drug-likeness (QED) is 0.792. The summed E-state index contributed by atoms with van der Waals surface area (Å²) in [6.45, 7) is 5.94. The number of rotatable bonds is 4. The molecule has 14 heavy (non-hydrogen) atoms. The molecule has 0 bridgehead atoms. The van der Waals surface area contributed by atoms with E-state index in [9.17, 15) is 4.79 Å². The third kappa shape index (κ3) is 7.15. The molecule has 1 amide bonds. The van der Waals surface area contributed by atoms with Crippen LogP contribution in [0.3, 0.4) is 0 Å². The summed E-state index contributed by atoms with van der Waals surface area (Å²) in [6, 6.07) is -0.0603. The number of hydrogen-bond acceptors (Lipinski definition) is 3. The first-order valence-corrected chi connectivity index (χ1v) is 5.55. The molecule has 0 saturated heterocycles. The van der Waals surface area contributed by atoms with Gasteiger partial charge in [0.15, 0.2) is 0 Å². The second kappa shape index (κ2) is 6.24. The topological polar surface area (TPSA) is 47.6 Å². The molecule has 84 valence electrons. The van der Waals surface area contributed by atoms with Gasteiger partial charge in [-0.15, -0.1) is 0 Å². The molecule has 0 aromatic carbocycles. The van der Waals surface area contributed by atoms with Crippen LogP contribution in [-0.2, 0) is 9.47 Å². The zero-order valence-electron chi connectivity index (χ0n) is 9.09. The highest BCUT2D eigenvalue weighted by atomic mass is 79.9. The van der Waals surface area contributed by atoms with Gasteiger partial charge in [0.05, 0.1) is 12.6 Å². The Bertz CT molecular complexity index is 179. The fourth-order valence-corrected chi connectivity index (χ4v) is 1.15. The molecule has 0 fully saturated rings. The number of carbonyl (C=O) groups excluding carboxylic acids is 1. The molecule has 0 rings (SSSR count). The van der Waals surface area contributed by atoms with E-state index in [1.165, 1.54) is 0 Å². The highest BCUT2D eigenvalue weighted by Crippen LogP contribution is 2.07. The lowest BCUT2D eigenvalue weighted by molar-refractivity contribution is 0.0479. The Morgan fingerprint density at radius 1 is 1.50 bits per heavy atom. The molecule has 0 aromatic heterocycles. The SMILES string of the molecule is COC[C@@H](CBr)NC(=O)OC(C)(C)C. The second-order valence-corrected chi connectivity index (χ2v) is 4.60. The number of ether oxygens (including phenoxy) is 2. The van der Waals surface area contributed by atoms with E-state index in [1.54, 1.807) is 7.11 Å². The molecular formula is C9H18BrNO3. The van der Waals surface area contributed by atoms with Crippen LogP contribution in [0.25, 0.3) is 0 Å². The van der Waals surface area contributed by atoms with Crippen LogP contribution in [0, 0.1) is 0 Å². The summed E-state index contributed by atoms with van der Waals surface area (Å²) in [4.78, 5) is 11.3. The monoisotopic (exact) mass is 267 g/mol. The van der Waals surface area contributed by atoms with Crippen molar-refractivity contribution < 1.29 is 14.3 Å². The normalized spacial score (nSPS) is 13.5. The Hall–Kier alpha value is -0.290. The van der Waals surface area contributed by atoms with Crippen LogP contribution < -0.4 is 5.32 Å². The summed E-state index contributed by atoms with van der Waals surface area (Å²) >= 11 is 3.27. The predicted molar refractivity (Wildman–Crippen MR) is 58.8 cm³/mol. The molecule has 0 spiro atoms. The Morgan fingerprint density at radius 2 is 2.07 bits per heavy atom. The maximum atomic E-state index is 11.3. The summed E-state index contributed by atoms with van der Waals surface area (Å²) in [5.74, 6) is 0. The van der Waals surface area contributed by atoms with Gasteiger partial charge in [0, 0.05) is 12.4 Å². The minimum atomic E-state index is -0.464. The number of alkyl halides is 1. The van der Waals surface area contributed by atoms with Crippen molar-refractivity contribution in [2.24, 2.45) is 0 Å². The van der Waals surface area contributed by atoms with Crippen LogP contribution in [-0.4, -0.2) is 36.8 Å². The second-order valence-electron chi connectivity index (χ2n) is 3.95. The number of nitrogens with one attached hydrogen (secondary N) is 1. The Morgan fingerprint density at radius 3 is 2.43 bits per heavy atom. The van der Waals surface area contributed by atoms with Gasteiger partial charge in [-0.1, -0.05) is 15.9 Å². The van der Waals surface area contributed by atoms with Gasteiger partial charge in [-0.05, 0) is 20.8 Å². The maximum Gasteiger partial charge on any atom is 0.407 e. The fraction of sp³-hybridized carbons (Fsp3) is 0.889. The average Bonchev–Trinajstić information content (AvgIpc) is 2.00.